The van der Waals surface area contributed by atoms with E-state index in [1.165, 1.54) is 31.7 Å². The molecule has 1 amide bonds. The number of esters is 1. The first-order chi connectivity index (χ1) is 15.1. The molecule has 2 aliphatic rings. The molecule has 0 radical (unpaired) electrons. The van der Waals surface area contributed by atoms with Gasteiger partial charge >= 0.3 is 5.97 Å². The molecule has 0 aromatic heterocycles. The molecule has 31 heavy (non-hydrogen) atoms. The highest BCUT2D eigenvalue weighted by Crippen LogP contribution is 2.31. The first kappa shape index (κ1) is 21.2. The molecular formula is C24H24N2O4S. The highest BCUT2D eigenvalue weighted by Gasteiger charge is 2.26. The van der Waals surface area contributed by atoms with Gasteiger partial charge in [-0.1, -0.05) is 43.2 Å². The van der Waals surface area contributed by atoms with Crippen molar-refractivity contribution < 1.29 is 19.1 Å². The van der Waals surface area contributed by atoms with Gasteiger partial charge in [0, 0.05) is 5.56 Å². The van der Waals surface area contributed by atoms with Crippen LogP contribution in [-0.2, 0) is 16.1 Å². The van der Waals surface area contributed by atoms with E-state index >= 15 is 0 Å². The number of amides is 1. The van der Waals surface area contributed by atoms with E-state index in [0.717, 1.165) is 24.0 Å². The number of thioether (sulfide) groups is 1. The molecule has 0 atom stereocenters. The van der Waals surface area contributed by atoms with Crippen molar-refractivity contribution >= 4 is 34.9 Å². The lowest BCUT2D eigenvalue weighted by atomic mass is 10.1. The van der Waals surface area contributed by atoms with Crippen molar-refractivity contribution in [3.8, 4) is 5.75 Å². The van der Waals surface area contributed by atoms with E-state index in [4.69, 9.17) is 9.47 Å². The number of para-hydroxylation sites is 1. The molecule has 7 heteroatoms. The molecule has 1 heterocycles. The fourth-order valence-corrected chi connectivity index (χ4v) is 4.46. The van der Waals surface area contributed by atoms with E-state index in [0.29, 0.717) is 34.0 Å². The van der Waals surface area contributed by atoms with Crippen LogP contribution in [0.2, 0.25) is 0 Å². The van der Waals surface area contributed by atoms with Gasteiger partial charge < -0.3 is 14.8 Å². The third-order valence-electron chi connectivity index (χ3n) is 5.25. The maximum atomic E-state index is 12.4. The molecule has 4 rings (SSSR count). The van der Waals surface area contributed by atoms with Crippen LogP contribution in [-0.4, -0.2) is 30.2 Å². The van der Waals surface area contributed by atoms with E-state index < -0.39 is 0 Å². The summed E-state index contributed by atoms with van der Waals surface area (Å²) >= 11 is 1.38. The number of nitrogens with one attached hydrogen (secondary N) is 1. The van der Waals surface area contributed by atoms with Crippen LogP contribution in [0.25, 0.3) is 6.08 Å². The number of benzene rings is 2. The minimum Gasteiger partial charge on any atom is -0.488 e. The summed E-state index contributed by atoms with van der Waals surface area (Å²) in [5.41, 5.74) is 2.25. The number of hydrogen-bond donors (Lipinski definition) is 1. The quantitative estimate of drug-likeness (QED) is 0.531. The van der Waals surface area contributed by atoms with Crippen LogP contribution in [0.15, 0.2) is 58.4 Å². The van der Waals surface area contributed by atoms with Crippen molar-refractivity contribution in [3.63, 3.8) is 0 Å². The molecular weight excluding hydrogens is 412 g/mol. The molecule has 1 N–H and O–H groups in total. The van der Waals surface area contributed by atoms with Gasteiger partial charge in [-0.25, -0.2) is 4.79 Å². The van der Waals surface area contributed by atoms with Crippen LogP contribution in [0.4, 0.5) is 0 Å². The van der Waals surface area contributed by atoms with E-state index in [1.54, 1.807) is 12.1 Å². The average molecular weight is 437 g/mol. The summed E-state index contributed by atoms with van der Waals surface area (Å²) in [6.07, 6.45) is 6.44. The van der Waals surface area contributed by atoms with Gasteiger partial charge in [0.1, 0.15) is 12.4 Å². The normalized spacial score (nSPS) is 19.1. The smallest absolute Gasteiger partial charge is 0.337 e. The zero-order valence-electron chi connectivity index (χ0n) is 17.3. The van der Waals surface area contributed by atoms with Gasteiger partial charge in [-0.2, -0.15) is 0 Å². The second-order valence-electron chi connectivity index (χ2n) is 7.45. The summed E-state index contributed by atoms with van der Waals surface area (Å²) in [4.78, 5) is 29.3. The zero-order valence-corrected chi connectivity index (χ0v) is 18.1. The minimum absolute atomic E-state index is 0.130. The van der Waals surface area contributed by atoms with Crippen LogP contribution in [0.3, 0.4) is 0 Å². The number of hydrogen-bond acceptors (Lipinski definition) is 6. The highest BCUT2D eigenvalue weighted by molar-refractivity contribution is 8.18. The second-order valence-corrected chi connectivity index (χ2v) is 8.48. The lowest BCUT2D eigenvalue weighted by Crippen LogP contribution is -2.21. The first-order valence-electron chi connectivity index (χ1n) is 10.3. The molecule has 2 aromatic carbocycles. The van der Waals surface area contributed by atoms with Crippen molar-refractivity contribution in [3.05, 3.63) is 70.1 Å². The number of amidine groups is 1. The summed E-state index contributed by atoms with van der Waals surface area (Å²) in [6, 6.07) is 15.0. The Labute approximate surface area is 185 Å². The Morgan fingerprint density at radius 2 is 1.90 bits per heavy atom. The molecule has 1 saturated carbocycles. The van der Waals surface area contributed by atoms with E-state index in [-0.39, 0.29) is 11.9 Å². The molecule has 160 valence electrons. The number of rotatable bonds is 6. The van der Waals surface area contributed by atoms with E-state index in [2.05, 4.69) is 10.3 Å². The molecule has 0 bridgehead atoms. The fraction of sp³-hybridized carbons (Fsp3) is 0.292. The third-order valence-corrected chi connectivity index (χ3v) is 6.17. The van der Waals surface area contributed by atoms with Crippen LogP contribution in [0, 0.1) is 0 Å². The Morgan fingerprint density at radius 3 is 2.65 bits per heavy atom. The number of nitrogens with zero attached hydrogens (tertiary/aromatic N) is 1. The Balaban J connectivity index is 1.45. The Bertz CT molecular complexity index is 1020. The van der Waals surface area contributed by atoms with Gasteiger partial charge in [0.15, 0.2) is 5.17 Å². The summed E-state index contributed by atoms with van der Waals surface area (Å²) in [5.74, 6) is 0.184. The molecule has 6 nitrogen and oxygen atoms in total. The van der Waals surface area contributed by atoms with Crippen molar-refractivity contribution in [2.45, 2.75) is 38.3 Å². The minimum atomic E-state index is -0.368. The molecule has 0 unspecified atom stereocenters. The maximum Gasteiger partial charge on any atom is 0.337 e. The third kappa shape index (κ3) is 5.35. The van der Waals surface area contributed by atoms with Gasteiger partial charge in [-0.15, -0.1) is 0 Å². The molecule has 1 aliphatic heterocycles. The number of carbonyl (C=O) groups is 2. The summed E-state index contributed by atoms with van der Waals surface area (Å²) in [5, 5.41) is 3.56. The first-order valence-corrected chi connectivity index (χ1v) is 11.1. The van der Waals surface area contributed by atoms with E-state index in [1.807, 2.05) is 42.5 Å². The predicted octanol–water partition coefficient (Wildman–Crippen LogP) is 4.55. The van der Waals surface area contributed by atoms with Crippen molar-refractivity contribution in [2.24, 2.45) is 4.99 Å². The molecule has 1 aliphatic carbocycles. The summed E-state index contributed by atoms with van der Waals surface area (Å²) in [7, 11) is 1.36. The van der Waals surface area contributed by atoms with E-state index in [9.17, 15) is 9.59 Å². The monoisotopic (exact) mass is 436 g/mol. The number of aliphatic imine (C=N–C) groups is 1. The van der Waals surface area contributed by atoms with Gasteiger partial charge in [0.05, 0.1) is 23.6 Å². The lowest BCUT2D eigenvalue weighted by molar-refractivity contribution is -0.115. The number of carbonyl (C=O) groups excluding carboxylic acids is 2. The standard InChI is InChI=1S/C24H24N2O4S/c1-29-23(28)17-12-10-16(11-13-17)15-30-20-9-5-2-6-18(20)14-21-22(27)26-24(31-21)25-19-7-3-4-8-19/h2,5-6,9-14,19H,3-4,7-8,15H2,1H3,(H,25,26,27)/b21-14-. The van der Waals surface area contributed by atoms with Crippen LogP contribution >= 0.6 is 11.8 Å². The topological polar surface area (TPSA) is 77.0 Å². The average Bonchev–Trinajstić information content (AvgIpc) is 3.42. The zero-order chi connectivity index (χ0) is 21.6. The second kappa shape index (κ2) is 9.83. The summed E-state index contributed by atoms with van der Waals surface area (Å²) < 4.78 is 10.7. The predicted molar refractivity (Wildman–Crippen MR) is 122 cm³/mol. The lowest BCUT2D eigenvalue weighted by Gasteiger charge is -2.10. The number of ether oxygens (including phenoxy) is 2. The molecule has 2 aromatic rings. The van der Waals surface area contributed by atoms with Gasteiger partial charge in [-0.05, 0) is 54.4 Å². The van der Waals surface area contributed by atoms with Gasteiger partial charge in [0.25, 0.3) is 5.91 Å². The maximum absolute atomic E-state index is 12.4. The van der Waals surface area contributed by atoms with Crippen LogP contribution in [0.1, 0.15) is 47.2 Å². The van der Waals surface area contributed by atoms with Gasteiger partial charge in [0.2, 0.25) is 0 Å². The SMILES string of the molecule is COC(=O)c1ccc(COc2ccccc2/C=C2\SC(=NC3CCCC3)NC2=O)cc1. The largest absolute Gasteiger partial charge is 0.488 e. The molecule has 2 fully saturated rings. The Kier molecular flexibility index (Phi) is 6.72. The highest BCUT2D eigenvalue weighted by atomic mass is 32.2. The van der Waals surface area contributed by atoms with Crippen molar-refractivity contribution in [1.29, 1.82) is 0 Å². The number of methoxy groups -OCH3 is 1. The van der Waals surface area contributed by atoms with Crippen molar-refractivity contribution in [1.82, 2.24) is 5.32 Å². The summed E-state index contributed by atoms with van der Waals surface area (Å²) in [6.45, 7) is 0.343. The van der Waals surface area contributed by atoms with Crippen LogP contribution in [0.5, 0.6) is 5.75 Å². The fourth-order valence-electron chi connectivity index (χ4n) is 3.58. The molecule has 0 spiro atoms. The van der Waals surface area contributed by atoms with Crippen LogP contribution < -0.4 is 10.1 Å². The Hall–Kier alpha value is -3.06. The molecule has 1 saturated heterocycles. The Morgan fingerprint density at radius 1 is 1.16 bits per heavy atom. The van der Waals surface area contributed by atoms with Crippen molar-refractivity contribution in [2.75, 3.05) is 7.11 Å². The van der Waals surface area contributed by atoms with Gasteiger partial charge in [-0.3, -0.25) is 9.79 Å².